The maximum absolute atomic E-state index is 12.8. The maximum Gasteiger partial charge on any atom is 0.416 e. The van der Waals surface area contributed by atoms with Gasteiger partial charge in [0.25, 0.3) is 5.91 Å². The standard InChI is InChI=1S/C16H13F3N4OS/c1-9-15(23-14(24)12-7-20-8-21-12)25-13(22-9)6-10-3-2-4-11(5-10)16(17,18)19/h2-5,7-8H,6H2,1H3,(H,20,21)(H,23,24). The molecule has 5 nitrogen and oxygen atoms in total. The number of nitrogens with one attached hydrogen (secondary N) is 2. The molecule has 0 aliphatic rings. The number of nitrogens with zero attached hydrogens (tertiary/aromatic N) is 2. The van der Waals surface area contributed by atoms with Crippen molar-refractivity contribution in [1.82, 2.24) is 15.0 Å². The molecule has 3 aromatic rings. The van der Waals surface area contributed by atoms with Gasteiger partial charge in [-0.25, -0.2) is 9.97 Å². The Bertz CT molecular complexity index is 887. The second-order valence-electron chi connectivity index (χ2n) is 5.31. The molecular formula is C16H13F3N4OS. The number of aromatic amines is 1. The summed E-state index contributed by atoms with van der Waals surface area (Å²) >= 11 is 1.23. The Hall–Kier alpha value is -2.68. The van der Waals surface area contributed by atoms with Gasteiger partial charge in [-0.15, -0.1) is 11.3 Å². The van der Waals surface area contributed by atoms with Crippen LogP contribution >= 0.6 is 11.3 Å². The van der Waals surface area contributed by atoms with Crippen LogP contribution in [0.15, 0.2) is 36.8 Å². The molecule has 0 unspecified atom stereocenters. The number of hydrogen-bond acceptors (Lipinski definition) is 4. The monoisotopic (exact) mass is 366 g/mol. The number of aromatic nitrogens is 3. The second kappa shape index (κ2) is 6.67. The first kappa shape index (κ1) is 17.2. The number of halogens is 3. The first-order valence-electron chi connectivity index (χ1n) is 7.25. The van der Waals surface area contributed by atoms with Gasteiger partial charge >= 0.3 is 6.18 Å². The predicted octanol–water partition coefficient (Wildman–Crippen LogP) is 4.04. The van der Waals surface area contributed by atoms with Crippen molar-refractivity contribution in [1.29, 1.82) is 0 Å². The fourth-order valence-electron chi connectivity index (χ4n) is 2.23. The van der Waals surface area contributed by atoms with Crippen LogP contribution in [0.25, 0.3) is 0 Å². The molecule has 0 radical (unpaired) electrons. The first-order chi connectivity index (χ1) is 11.8. The molecule has 2 aromatic heterocycles. The van der Waals surface area contributed by atoms with Gasteiger partial charge in [0.05, 0.1) is 22.6 Å². The lowest BCUT2D eigenvalue weighted by Crippen LogP contribution is -2.11. The summed E-state index contributed by atoms with van der Waals surface area (Å²) in [5, 5.41) is 3.88. The smallest absolute Gasteiger partial charge is 0.350 e. The van der Waals surface area contributed by atoms with Crippen LogP contribution in [0.3, 0.4) is 0 Å². The zero-order chi connectivity index (χ0) is 18.0. The molecule has 25 heavy (non-hydrogen) atoms. The third-order valence-electron chi connectivity index (χ3n) is 3.41. The summed E-state index contributed by atoms with van der Waals surface area (Å²) in [6.07, 6.45) is -1.26. The minimum Gasteiger partial charge on any atom is -0.350 e. The molecule has 0 fully saturated rings. The van der Waals surface area contributed by atoms with E-state index in [1.807, 2.05) is 0 Å². The highest BCUT2D eigenvalue weighted by atomic mass is 32.1. The van der Waals surface area contributed by atoms with E-state index in [2.05, 4.69) is 20.3 Å². The Labute approximate surface area is 145 Å². The van der Waals surface area contributed by atoms with Crippen LogP contribution in [0.4, 0.5) is 18.2 Å². The third kappa shape index (κ3) is 4.05. The van der Waals surface area contributed by atoms with Crippen LogP contribution in [0, 0.1) is 6.92 Å². The molecule has 0 aliphatic carbocycles. The van der Waals surface area contributed by atoms with Crippen LogP contribution in [0.2, 0.25) is 0 Å². The molecule has 1 amide bonds. The van der Waals surface area contributed by atoms with Crippen molar-refractivity contribution in [2.75, 3.05) is 5.32 Å². The van der Waals surface area contributed by atoms with Crippen molar-refractivity contribution in [2.24, 2.45) is 0 Å². The van der Waals surface area contributed by atoms with E-state index >= 15 is 0 Å². The highest BCUT2D eigenvalue weighted by Crippen LogP contribution is 2.31. The van der Waals surface area contributed by atoms with Crippen molar-refractivity contribution in [3.05, 3.63) is 64.3 Å². The zero-order valence-electron chi connectivity index (χ0n) is 13.0. The molecule has 0 aliphatic heterocycles. The minimum absolute atomic E-state index is 0.243. The van der Waals surface area contributed by atoms with E-state index < -0.39 is 11.7 Å². The summed E-state index contributed by atoms with van der Waals surface area (Å²) in [5.74, 6) is -0.376. The highest BCUT2D eigenvalue weighted by Gasteiger charge is 2.30. The van der Waals surface area contributed by atoms with Gasteiger partial charge in [-0.1, -0.05) is 18.2 Å². The third-order valence-corrected chi connectivity index (χ3v) is 4.48. The van der Waals surface area contributed by atoms with Crippen LogP contribution in [-0.4, -0.2) is 20.9 Å². The number of carbonyl (C=O) groups excluding carboxylic acids is 1. The number of H-pyrrole nitrogens is 1. The molecule has 130 valence electrons. The highest BCUT2D eigenvalue weighted by molar-refractivity contribution is 7.16. The molecule has 0 saturated carbocycles. The van der Waals surface area contributed by atoms with Crippen LogP contribution < -0.4 is 5.32 Å². The first-order valence-corrected chi connectivity index (χ1v) is 8.07. The van der Waals surface area contributed by atoms with Gasteiger partial charge in [0, 0.05) is 12.6 Å². The lowest BCUT2D eigenvalue weighted by atomic mass is 10.1. The number of alkyl halides is 3. The van der Waals surface area contributed by atoms with Crippen LogP contribution in [-0.2, 0) is 12.6 Å². The summed E-state index contributed by atoms with van der Waals surface area (Å²) < 4.78 is 38.4. The Morgan fingerprint density at radius 1 is 1.36 bits per heavy atom. The number of carbonyl (C=O) groups is 1. The van der Waals surface area contributed by atoms with E-state index in [9.17, 15) is 18.0 Å². The molecule has 0 atom stereocenters. The Kier molecular flexibility index (Phi) is 4.58. The minimum atomic E-state index is -4.38. The normalized spacial score (nSPS) is 11.5. The fraction of sp³-hybridized carbons (Fsp3) is 0.188. The average molecular weight is 366 g/mol. The lowest BCUT2D eigenvalue weighted by Gasteiger charge is -2.07. The number of imidazole rings is 1. The van der Waals surface area contributed by atoms with Gasteiger partial charge in [0.15, 0.2) is 0 Å². The van der Waals surface area contributed by atoms with Gasteiger partial charge in [-0.2, -0.15) is 13.2 Å². The lowest BCUT2D eigenvalue weighted by molar-refractivity contribution is -0.137. The molecule has 2 N–H and O–H groups in total. The maximum atomic E-state index is 12.8. The van der Waals surface area contributed by atoms with Gasteiger partial charge in [0.1, 0.15) is 10.7 Å². The van der Waals surface area contributed by atoms with Crippen molar-refractivity contribution < 1.29 is 18.0 Å². The molecule has 9 heteroatoms. The Morgan fingerprint density at radius 2 is 2.16 bits per heavy atom. The van der Waals surface area contributed by atoms with E-state index in [1.165, 1.54) is 29.9 Å². The second-order valence-corrected chi connectivity index (χ2v) is 6.39. The number of amides is 1. The quantitative estimate of drug-likeness (QED) is 0.732. The Morgan fingerprint density at radius 3 is 2.84 bits per heavy atom. The van der Waals surface area contributed by atoms with Gasteiger partial charge < -0.3 is 10.3 Å². The van der Waals surface area contributed by atoms with Crippen molar-refractivity contribution in [3.63, 3.8) is 0 Å². The number of aryl methyl sites for hydroxylation is 1. The molecule has 1 aromatic carbocycles. The van der Waals surface area contributed by atoms with E-state index in [-0.39, 0.29) is 18.0 Å². The summed E-state index contributed by atoms with van der Waals surface area (Å²) in [7, 11) is 0. The van der Waals surface area contributed by atoms with Crippen LogP contribution in [0.1, 0.15) is 32.3 Å². The number of rotatable bonds is 4. The SMILES string of the molecule is Cc1nc(Cc2cccc(C(F)(F)F)c2)sc1NC(=O)c1c[nH]cn1. The molecule has 3 rings (SSSR count). The number of benzene rings is 1. The van der Waals surface area contributed by atoms with E-state index in [4.69, 9.17) is 0 Å². The zero-order valence-corrected chi connectivity index (χ0v) is 13.8. The molecule has 0 spiro atoms. The van der Waals surface area contributed by atoms with Gasteiger partial charge in [-0.05, 0) is 18.6 Å². The molecule has 0 saturated heterocycles. The van der Waals surface area contributed by atoms with Crippen molar-refractivity contribution in [2.45, 2.75) is 19.5 Å². The summed E-state index contributed by atoms with van der Waals surface area (Å²) in [5.41, 5.74) is 0.669. The van der Waals surface area contributed by atoms with E-state index in [0.717, 1.165) is 12.1 Å². The summed E-state index contributed by atoms with van der Waals surface area (Å²) in [4.78, 5) is 22.9. The van der Waals surface area contributed by atoms with Crippen molar-refractivity contribution >= 4 is 22.2 Å². The predicted molar refractivity (Wildman–Crippen MR) is 87.6 cm³/mol. The number of hydrogen-bond donors (Lipinski definition) is 2. The largest absolute Gasteiger partial charge is 0.416 e. The van der Waals surface area contributed by atoms with E-state index in [0.29, 0.717) is 21.3 Å². The fourth-order valence-corrected chi connectivity index (χ4v) is 3.22. The van der Waals surface area contributed by atoms with Gasteiger partial charge in [-0.3, -0.25) is 4.79 Å². The average Bonchev–Trinajstić information content (AvgIpc) is 3.17. The molecular weight excluding hydrogens is 353 g/mol. The number of thiazole rings is 1. The van der Waals surface area contributed by atoms with Gasteiger partial charge in [0.2, 0.25) is 0 Å². The topological polar surface area (TPSA) is 70.7 Å². The number of anilines is 1. The van der Waals surface area contributed by atoms with Crippen LogP contribution in [0.5, 0.6) is 0 Å². The summed E-state index contributed by atoms with van der Waals surface area (Å²) in [6, 6.07) is 5.14. The summed E-state index contributed by atoms with van der Waals surface area (Å²) in [6.45, 7) is 1.73. The molecule has 0 bridgehead atoms. The van der Waals surface area contributed by atoms with E-state index in [1.54, 1.807) is 13.0 Å². The molecule has 2 heterocycles. The van der Waals surface area contributed by atoms with Crippen molar-refractivity contribution in [3.8, 4) is 0 Å². The Balaban J connectivity index is 1.76.